The van der Waals surface area contributed by atoms with E-state index in [0.29, 0.717) is 18.1 Å². The van der Waals surface area contributed by atoms with Crippen LogP contribution >= 0.6 is 0 Å². The lowest BCUT2D eigenvalue weighted by atomic mass is 10.0. The molecule has 2 N–H and O–H groups in total. The largest absolute Gasteiger partial charge is 0.488 e. The van der Waals surface area contributed by atoms with E-state index in [2.05, 4.69) is 44.8 Å². The highest BCUT2D eigenvalue weighted by molar-refractivity contribution is 6.02. The van der Waals surface area contributed by atoms with Gasteiger partial charge in [0, 0.05) is 5.56 Å². The minimum Gasteiger partial charge on any atom is -0.488 e. The number of rotatable bonds is 6. The van der Waals surface area contributed by atoms with Crippen molar-refractivity contribution in [3.8, 4) is 5.75 Å². The van der Waals surface area contributed by atoms with Crippen molar-refractivity contribution in [2.24, 2.45) is 5.10 Å². The molecule has 7 heteroatoms. The van der Waals surface area contributed by atoms with Crippen LogP contribution in [0.5, 0.6) is 5.75 Å². The minimum atomic E-state index is -0.310. The summed E-state index contributed by atoms with van der Waals surface area (Å²) in [6, 6.07) is 20.1. The van der Waals surface area contributed by atoms with Crippen LogP contribution in [0.15, 0.2) is 70.6 Å². The van der Waals surface area contributed by atoms with Gasteiger partial charge in [0.1, 0.15) is 18.1 Å². The van der Waals surface area contributed by atoms with Crippen LogP contribution in [0.25, 0.3) is 10.8 Å². The number of ether oxygens (including phenoxy) is 1. The van der Waals surface area contributed by atoms with E-state index < -0.39 is 0 Å². The third kappa shape index (κ3) is 4.20. The Kier molecular flexibility index (Phi) is 5.52. The van der Waals surface area contributed by atoms with Crippen molar-refractivity contribution in [1.29, 1.82) is 0 Å². The van der Waals surface area contributed by atoms with Crippen LogP contribution in [0.3, 0.4) is 0 Å². The Morgan fingerprint density at radius 1 is 1.03 bits per heavy atom. The van der Waals surface area contributed by atoms with E-state index in [1.165, 1.54) is 5.56 Å². The van der Waals surface area contributed by atoms with Gasteiger partial charge in [-0.05, 0) is 41.8 Å². The highest BCUT2D eigenvalue weighted by Gasteiger charge is 2.08. The zero-order chi connectivity index (χ0) is 20.9. The number of aryl methyl sites for hydroxylation is 2. The number of nitrogens with one attached hydrogen (secondary N) is 2. The molecule has 0 fully saturated rings. The molecular formula is C23H21N5O2. The second-order valence-electron chi connectivity index (χ2n) is 6.87. The molecule has 0 aliphatic rings. The number of fused-ring (bicyclic) bond motifs is 1. The lowest BCUT2D eigenvalue weighted by Crippen LogP contribution is -2.15. The molecule has 7 nitrogen and oxygen atoms in total. The SMILES string of the molecule is Cc1ccccc1COc1ccc2ccccc2c1/C=N/Nc1nnc(C)c(=O)[nH]1. The standard InChI is InChI=1S/C23H21N5O2/c1-15-7-3-4-9-18(15)14-30-21-12-11-17-8-5-6-10-19(17)20(21)13-24-27-23-25-22(29)16(2)26-28-23/h3-13H,14H2,1-2H3,(H2,25,27,28,29)/b24-13+. The number of aromatic nitrogens is 3. The van der Waals surface area contributed by atoms with Crippen LogP contribution in [0.2, 0.25) is 0 Å². The van der Waals surface area contributed by atoms with E-state index in [9.17, 15) is 4.79 Å². The summed E-state index contributed by atoms with van der Waals surface area (Å²) in [6.07, 6.45) is 1.66. The lowest BCUT2D eigenvalue weighted by Gasteiger charge is -2.13. The topological polar surface area (TPSA) is 92.3 Å². The Morgan fingerprint density at radius 3 is 2.67 bits per heavy atom. The van der Waals surface area contributed by atoms with E-state index in [-0.39, 0.29) is 11.5 Å². The average molecular weight is 399 g/mol. The summed E-state index contributed by atoms with van der Waals surface area (Å²) < 4.78 is 6.14. The molecule has 1 heterocycles. The first-order chi connectivity index (χ1) is 14.6. The van der Waals surface area contributed by atoms with E-state index in [4.69, 9.17) is 4.74 Å². The fourth-order valence-corrected chi connectivity index (χ4v) is 3.06. The maximum Gasteiger partial charge on any atom is 0.274 e. The second kappa shape index (κ2) is 8.57. The molecule has 0 saturated heterocycles. The van der Waals surface area contributed by atoms with Crippen molar-refractivity contribution in [3.63, 3.8) is 0 Å². The van der Waals surface area contributed by atoms with Gasteiger partial charge in [-0.2, -0.15) is 5.10 Å². The smallest absolute Gasteiger partial charge is 0.274 e. The minimum absolute atomic E-state index is 0.171. The number of hydrazone groups is 1. The van der Waals surface area contributed by atoms with Crippen molar-refractivity contribution < 1.29 is 4.74 Å². The molecule has 0 aliphatic carbocycles. The van der Waals surface area contributed by atoms with Gasteiger partial charge < -0.3 is 4.74 Å². The van der Waals surface area contributed by atoms with Crippen molar-refractivity contribution in [3.05, 3.63) is 93.4 Å². The molecule has 0 amide bonds. The average Bonchev–Trinajstić information content (AvgIpc) is 2.76. The van der Waals surface area contributed by atoms with Crippen molar-refractivity contribution in [1.82, 2.24) is 15.2 Å². The first kappa shape index (κ1) is 19.3. The maximum atomic E-state index is 11.7. The van der Waals surface area contributed by atoms with Gasteiger partial charge in [0.15, 0.2) is 0 Å². The van der Waals surface area contributed by atoms with Crippen molar-refractivity contribution in [2.45, 2.75) is 20.5 Å². The van der Waals surface area contributed by atoms with Gasteiger partial charge in [0.25, 0.3) is 5.56 Å². The highest BCUT2D eigenvalue weighted by Crippen LogP contribution is 2.27. The molecule has 3 aromatic carbocycles. The van der Waals surface area contributed by atoms with Gasteiger partial charge in [-0.3, -0.25) is 9.78 Å². The summed E-state index contributed by atoms with van der Waals surface area (Å²) in [7, 11) is 0. The summed E-state index contributed by atoms with van der Waals surface area (Å²) in [4.78, 5) is 14.3. The molecule has 0 saturated carbocycles. The number of anilines is 1. The summed E-state index contributed by atoms with van der Waals surface area (Å²) in [5, 5.41) is 14.0. The third-order valence-electron chi connectivity index (χ3n) is 4.80. The van der Waals surface area contributed by atoms with Crippen LogP contribution in [-0.4, -0.2) is 21.4 Å². The van der Waals surface area contributed by atoms with Crippen molar-refractivity contribution >= 4 is 22.9 Å². The predicted octanol–water partition coefficient (Wildman–Crippen LogP) is 3.96. The number of hydrogen-bond donors (Lipinski definition) is 2. The molecule has 150 valence electrons. The zero-order valence-electron chi connectivity index (χ0n) is 16.7. The van der Waals surface area contributed by atoms with Crippen LogP contribution in [0.1, 0.15) is 22.4 Å². The molecule has 30 heavy (non-hydrogen) atoms. The van der Waals surface area contributed by atoms with E-state index in [0.717, 1.165) is 21.9 Å². The van der Waals surface area contributed by atoms with Gasteiger partial charge in [0.05, 0.1) is 6.21 Å². The Labute approximate surface area is 173 Å². The molecular weight excluding hydrogens is 378 g/mol. The maximum absolute atomic E-state index is 11.7. The number of hydrogen-bond acceptors (Lipinski definition) is 6. The summed E-state index contributed by atoms with van der Waals surface area (Å²) in [6.45, 7) is 4.11. The van der Waals surface area contributed by atoms with Gasteiger partial charge in [-0.25, -0.2) is 5.43 Å². The second-order valence-corrected chi connectivity index (χ2v) is 6.87. The van der Waals surface area contributed by atoms with Crippen LogP contribution in [0, 0.1) is 13.8 Å². The predicted molar refractivity (Wildman–Crippen MR) is 118 cm³/mol. The monoisotopic (exact) mass is 399 g/mol. The van der Waals surface area contributed by atoms with Gasteiger partial charge >= 0.3 is 0 Å². The van der Waals surface area contributed by atoms with Gasteiger partial charge in [-0.1, -0.05) is 54.6 Å². The summed E-state index contributed by atoms with van der Waals surface area (Å²) in [5.41, 5.74) is 5.84. The molecule has 0 radical (unpaired) electrons. The zero-order valence-corrected chi connectivity index (χ0v) is 16.7. The Morgan fingerprint density at radius 2 is 1.83 bits per heavy atom. The molecule has 0 spiro atoms. The Hall–Kier alpha value is -4.00. The van der Waals surface area contributed by atoms with Crippen LogP contribution in [-0.2, 0) is 6.61 Å². The summed E-state index contributed by atoms with van der Waals surface area (Å²) >= 11 is 0. The number of H-pyrrole nitrogens is 1. The van der Waals surface area contributed by atoms with E-state index in [1.54, 1.807) is 13.1 Å². The Bertz CT molecular complexity index is 1280. The van der Waals surface area contributed by atoms with E-state index >= 15 is 0 Å². The van der Waals surface area contributed by atoms with Gasteiger partial charge in [0.2, 0.25) is 5.95 Å². The summed E-state index contributed by atoms with van der Waals surface area (Å²) in [5.74, 6) is 0.885. The molecule has 0 unspecified atom stereocenters. The van der Waals surface area contributed by atoms with Gasteiger partial charge in [-0.15, -0.1) is 10.2 Å². The lowest BCUT2D eigenvalue weighted by molar-refractivity contribution is 0.305. The molecule has 0 aliphatic heterocycles. The third-order valence-corrected chi connectivity index (χ3v) is 4.80. The molecule has 4 aromatic rings. The first-order valence-electron chi connectivity index (χ1n) is 9.53. The van der Waals surface area contributed by atoms with Crippen LogP contribution < -0.4 is 15.7 Å². The highest BCUT2D eigenvalue weighted by atomic mass is 16.5. The number of aromatic amines is 1. The molecule has 1 aromatic heterocycles. The van der Waals surface area contributed by atoms with Crippen molar-refractivity contribution in [2.75, 3.05) is 5.43 Å². The van der Waals surface area contributed by atoms with E-state index in [1.807, 2.05) is 48.5 Å². The number of nitrogens with zero attached hydrogens (tertiary/aromatic N) is 3. The molecule has 4 rings (SSSR count). The molecule has 0 bridgehead atoms. The quantitative estimate of drug-likeness (QED) is 0.378. The molecule has 0 atom stereocenters. The first-order valence-corrected chi connectivity index (χ1v) is 9.53. The number of benzene rings is 3. The normalized spacial score (nSPS) is 11.1. The fraction of sp³-hybridized carbons (Fsp3) is 0.130. The van der Waals surface area contributed by atoms with Crippen LogP contribution in [0.4, 0.5) is 5.95 Å². The Balaban J connectivity index is 1.63. The fourth-order valence-electron chi connectivity index (χ4n) is 3.06.